The van der Waals surface area contributed by atoms with Crippen molar-refractivity contribution in [1.29, 1.82) is 0 Å². The van der Waals surface area contributed by atoms with Crippen molar-refractivity contribution < 1.29 is 9.59 Å². The first-order chi connectivity index (χ1) is 7.44. The van der Waals surface area contributed by atoms with Crippen LogP contribution >= 0.6 is 0 Å². The van der Waals surface area contributed by atoms with Crippen LogP contribution < -0.4 is 10.6 Å². The van der Waals surface area contributed by atoms with Gasteiger partial charge in [0.2, 0.25) is 5.91 Å². The Bertz CT molecular complexity index is 364. The summed E-state index contributed by atoms with van der Waals surface area (Å²) in [5.41, 5.74) is -0.637. The highest BCUT2D eigenvalue weighted by Gasteiger charge is 2.49. The van der Waals surface area contributed by atoms with Gasteiger partial charge in [0.25, 0.3) is 5.91 Å². The Balaban J connectivity index is 2.11. The largest absolute Gasteiger partial charge is 0.356 e. The van der Waals surface area contributed by atoms with Gasteiger partial charge in [0.1, 0.15) is 5.54 Å². The van der Waals surface area contributed by atoms with Crippen LogP contribution in [0.5, 0.6) is 0 Å². The Morgan fingerprint density at radius 3 is 2.75 bits per heavy atom. The number of nitrogens with zero attached hydrogens (tertiary/aromatic N) is 1. The van der Waals surface area contributed by atoms with Gasteiger partial charge in [-0.25, -0.2) is 0 Å². The van der Waals surface area contributed by atoms with Gasteiger partial charge in [0.15, 0.2) is 0 Å². The van der Waals surface area contributed by atoms with Crippen LogP contribution in [-0.2, 0) is 9.59 Å². The fraction of sp³-hybridized carbons (Fsp3) is 0.636. The van der Waals surface area contributed by atoms with Gasteiger partial charge in [-0.3, -0.25) is 9.59 Å². The van der Waals surface area contributed by atoms with Crippen LogP contribution in [0.1, 0.15) is 20.3 Å². The third-order valence-corrected chi connectivity index (χ3v) is 3.16. The van der Waals surface area contributed by atoms with E-state index in [1.54, 1.807) is 4.90 Å². The van der Waals surface area contributed by atoms with E-state index in [-0.39, 0.29) is 17.7 Å². The van der Waals surface area contributed by atoms with Crippen molar-refractivity contribution >= 4 is 11.8 Å². The van der Waals surface area contributed by atoms with Crippen molar-refractivity contribution in [1.82, 2.24) is 15.5 Å². The second-order valence-electron chi connectivity index (χ2n) is 4.80. The second kappa shape index (κ2) is 3.50. The van der Waals surface area contributed by atoms with Crippen molar-refractivity contribution in [2.24, 2.45) is 5.92 Å². The molecule has 0 aromatic carbocycles. The summed E-state index contributed by atoms with van der Waals surface area (Å²) in [5, 5.41) is 5.71. The topological polar surface area (TPSA) is 61.4 Å². The quantitative estimate of drug-likeness (QED) is 0.647. The Morgan fingerprint density at radius 1 is 1.56 bits per heavy atom. The molecule has 2 N–H and O–H groups in total. The fourth-order valence-electron chi connectivity index (χ4n) is 2.28. The average molecular weight is 223 g/mol. The summed E-state index contributed by atoms with van der Waals surface area (Å²) in [4.78, 5) is 25.3. The summed E-state index contributed by atoms with van der Waals surface area (Å²) in [5.74, 6) is 0.534. The van der Waals surface area contributed by atoms with Gasteiger partial charge < -0.3 is 15.5 Å². The second-order valence-corrected chi connectivity index (χ2v) is 4.80. The SMILES string of the molecule is C=C1NC(=O)C2(CCN(C(=O)C(C)C)C2)N1. The fourth-order valence-corrected chi connectivity index (χ4v) is 2.28. The van der Waals surface area contributed by atoms with Crippen molar-refractivity contribution in [3.05, 3.63) is 12.4 Å². The van der Waals surface area contributed by atoms with Gasteiger partial charge in [-0.15, -0.1) is 0 Å². The number of carbonyl (C=O) groups is 2. The summed E-state index contributed by atoms with van der Waals surface area (Å²) in [6.07, 6.45) is 0.649. The minimum absolute atomic E-state index is 0.0252. The van der Waals surface area contributed by atoms with Gasteiger partial charge in [0, 0.05) is 12.5 Å². The number of rotatable bonds is 1. The molecule has 0 radical (unpaired) electrons. The molecule has 16 heavy (non-hydrogen) atoms. The van der Waals surface area contributed by atoms with Crippen molar-refractivity contribution in [2.75, 3.05) is 13.1 Å². The molecule has 0 aromatic heterocycles. The molecule has 2 amide bonds. The summed E-state index contributed by atoms with van der Waals surface area (Å²) in [7, 11) is 0. The van der Waals surface area contributed by atoms with E-state index >= 15 is 0 Å². The van der Waals surface area contributed by atoms with Gasteiger partial charge >= 0.3 is 0 Å². The lowest BCUT2D eigenvalue weighted by Crippen LogP contribution is -2.49. The molecule has 2 fully saturated rings. The monoisotopic (exact) mass is 223 g/mol. The summed E-state index contributed by atoms with van der Waals surface area (Å²) < 4.78 is 0. The normalized spacial score (nSPS) is 28.8. The molecule has 2 heterocycles. The average Bonchev–Trinajstić information content (AvgIpc) is 2.72. The third kappa shape index (κ3) is 1.56. The van der Waals surface area contributed by atoms with Crippen LogP contribution in [0.4, 0.5) is 0 Å². The molecule has 0 aliphatic carbocycles. The van der Waals surface area contributed by atoms with Crippen LogP contribution in [0.3, 0.4) is 0 Å². The van der Waals surface area contributed by atoms with E-state index in [0.29, 0.717) is 25.3 Å². The molecule has 5 nitrogen and oxygen atoms in total. The van der Waals surface area contributed by atoms with Gasteiger partial charge in [-0.1, -0.05) is 20.4 Å². The van der Waals surface area contributed by atoms with E-state index in [9.17, 15) is 9.59 Å². The molecule has 0 aromatic rings. The third-order valence-electron chi connectivity index (χ3n) is 3.16. The number of hydrogen-bond donors (Lipinski definition) is 2. The van der Waals surface area contributed by atoms with Crippen LogP contribution in [0, 0.1) is 5.92 Å². The molecule has 1 spiro atoms. The first kappa shape index (κ1) is 11.0. The predicted octanol–water partition coefficient (Wildman–Crippen LogP) is -0.196. The zero-order chi connectivity index (χ0) is 11.9. The van der Waals surface area contributed by atoms with Crippen molar-refractivity contribution in [3.8, 4) is 0 Å². The molecule has 5 heteroatoms. The zero-order valence-electron chi connectivity index (χ0n) is 9.67. The number of amides is 2. The molecule has 1 unspecified atom stereocenters. The Kier molecular flexibility index (Phi) is 2.40. The zero-order valence-corrected chi connectivity index (χ0v) is 9.67. The number of hydrogen-bond acceptors (Lipinski definition) is 3. The van der Waals surface area contributed by atoms with Crippen LogP contribution in [-0.4, -0.2) is 35.3 Å². The highest BCUT2D eigenvalue weighted by atomic mass is 16.2. The van der Waals surface area contributed by atoms with E-state index in [1.807, 2.05) is 13.8 Å². The molecule has 2 aliphatic heterocycles. The summed E-state index contributed by atoms with van der Waals surface area (Å²) >= 11 is 0. The van der Waals surface area contributed by atoms with Gasteiger partial charge in [0.05, 0.1) is 12.4 Å². The molecule has 2 saturated heterocycles. The predicted molar refractivity (Wildman–Crippen MR) is 59.2 cm³/mol. The number of nitrogens with one attached hydrogen (secondary N) is 2. The standard InChI is InChI=1S/C11H17N3O2/c1-7(2)9(15)14-5-4-11(6-14)10(16)12-8(3)13-11/h7,13H,3-6H2,1-2H3,(H,12,16). The lowest BCUT2D eigenvalue weighted by atomic mass is 9.99. The number of likely N-dealkylation sites (tertiary alicyclic amines) is 1. The maximum absolute atomic E-state index is 11.8. The molecule has 0 bridgehead atoms. The lowest BCUT2D eigenvalue weighted by molar-refractivity contribution is -0.133. The van der Waals surface area contributed by atoms with E-state index < -0.39 is 5.54 Å². The van der Waals surface area contributed by atoms with Crippen molar-refractivity contribution in [3.63, 3.8) is 0 Å². The Labute approximate surface area is 94.9 Å². The molecular weight excluding hydrogens is 206 g/mol. The maximum atomic E-state index is 11.8. The maximum Gasteiger partial charge on any atom is 0.253 e. The van der Waals surface area contributed by atoms with Gasteiger partial charge in [-0.05, 0) is 6.42 Å². The van der Waals surface area contributed by atoms with E-state index in [0.717, 1.165) is 0 Å². The first-order valence-corrected chi connectivity index (χ1v) is 5.52. The number of carbonyl (C=O) groups excluding carboxylic acids is 2. The van der Waals surface area contributed by atoms with Crippen LogP contribution in [0.15, 0.2) is 12.4 Å². The van der Waals surface area contributed by atoms with Crippen molar-refractivity contribution in [2.45, 2.75) is 25.8 Å². The minimum atomic E-state index is -0.637. The van der Waals surface area contributed by atoms with E-state index in [4.69, 9.17) is 0 Å². The summed E-state index contributed by atoms with van der Waals surface area (Å²) in [6, 6.07) is 0. The lowest BCUT2D eigenvalue weighted by Gasteiger charge is -2.22. The highest BCUT2D eigenvalue weighted by molar-refractivity contribution is 5.92. The molecule has 1 atom stereocenters. The molecular formula is C11H17N3O2. The van der Waals surface area contributed by atoms with E-state index in [2.05, 4.69) is 17.2 Å². The van der Waals surface area contributed by atoms with Crippen LogP contribution in [0.25, 0.3) is 0 Å². The Hall–Kier alpha value is -1.52. The minimum Gasteiger partial charge on any atom is -0.356 e. The molecule has 2 aliphatic rings. The molecule has 88 valence electrons. The van der Waals surface area contributed by atoms with Gasteiger partial charge in [-0.2, -0.15) is 0 Å². The van der Waals surface area contributed by atoms with E-state index in [1.165, 1.54) is 0 Å². The Morgan fingerprint density at radius 2 is 2.25 bits per heavy atom. The summed E-state index contributed by atoms with van der Waals surface area (Å²) in [6.45, 7) is 8.49. The first-order valence-electron chi connectivity index (χ1n) is 5.52. The highest BCUT2D eigenvalue weighted by Crippen LogP contribution is 2.27. The van der Waals surface area contributed by atoms with Crippen LogP contribution in [0.2, 0.25) is 0 Å². The smallest absolute Gasteiger partial charge is 0.253 e. The molecule has 2 rings (SSSR count). The molecule has 0 saturated carbocycles.